The number of rotatable bonds is 4. The van der Waals surface area contributed by atoms with E-state index >= 15 is 0 Å². The Kier molecular flexibility index (Phi) is 3.87. The molecule has 0 saturated heterocycles. The molecule has 17 heavy (non-hydrogen) atoms. The van der Waals surface area contributed by atoms with Crippen molar-refractivity contribution < 1.29 is 4.42 Å². The summed E-state index contributed by atoms with van der Waals surface area (Å²) in [7, 11) is 0. The zero-order chi connectivity index (χ0) is 12.3. The van der Waals surface area contributed by atoms with Gasteiger partial charge >= 0.3 is 0 Å². The minimum absolute atomic E-state index is 0.0636. The third kappa shape index (κ3) is 2.71. The summed E-state index contributed by atoms with van der Waals surface area (Å²) in [6.45, 7) is 5.05. The van der Waals surface area contributed by atoms with Crippen molar-refractivity contribution in [1.29, 1.82) is 0 Å². The van der Waals surface area contributed by atoms with Crippen LogP contribution in [-0.2, 0) is 0 Å². The maximum absolute atomic E-state index is 5.84. The predicted octanol–water partition coefficient (Wildman–Crippen LogP) is 3.94. The zero-order valence-electron chi connectivity index (χ0n) is 10.0. The lowest BCUT2D eigenvalue weighted by Crippen LogP contribution is -2.22. The largest absolute Gasteiger partial charge is 0.448 e. The highest BCUT2D eigenvalue weighted by molar-refractivity contribution is 6.28. The molecule has 0 aliphatic carbocycles. The fraction of sp³-hybridized carbons (Fsp3) is 0.286. The normalized spacial score (nSPS) is 12.6. The molecule has 0 spiro atoms. The minimum Gasteiger partial charge on any atom is -0.448 e. The van der Waals surface area contributed by atoms with Gasteiger partial charge in [-0.05, 0) is 48.3 Å². The maximum atomic E-state index is 5.84. The topological polar surface area (TPSA) is 25.2 Å². The van der Waals surface area contributed by atoms with Crippen molar-refractivity contribution in [2.24, 2.45) is 0 Å². The molecular weight excluding hydrogens is 234 g/mol. The number of nitrogens with one attached hydrogen (secondary N) is 1. The molecule has 0 fully saturated rings. The van der Waals surface area contributed by atoms with Gasteiger partial charge < -0.3 is 9.73 Å². The number of halogens is 1. The van der Waals surface area contributed by atoms with Crippen molar-refractivity contribution in [3.8, 4) is 0 Å². The number of furan rings is 1. The highest BCUT2D eigenvalue weighted by Gasteiger charge is 2.18. The van der Waals surface area contributed by atoms with Crippen molar-refractivity contribution in [2.75, 3.05) is 6.54 Å². The molecular formula is C14H16ClNO. The van der Waals surface area contributed by atoms with Gasteiger partial charge in [0.15, 0.2) is 5.22 Å². The van der Waals surface area contributed by atoms with Crippen LogP contribution in [-0.4, -0.2) is 6.54 Å². The SMILES string of the molecule is CCNC(c1ccc(Cl)o1)c1ccccc1C. The summed E-state index contributed by atoms with van der Waals surface area (Å²) in [4.78, 5) is 0. The molecule has 1 N–H and O–H groups in total. The van der Waals surface area contributed by atoms with E-state index in [-0.39, 0.29) is 6.04 Å². The quantitative estimate of drug-likeness (QED) is 0.888. The van der Waals surface area contributed by atoms with E-state index in [4.69, 9.17) is 16.0 Å². The lowest BCUT2D eigenvalue weighted by molar-refractivity contribution is 0.452. The van der Waals surface area contributed by atoms with Crippen molar-refractivity contribution in [3.63, 3.8) is 0 Å². The molecule has 90 valence electrons. The Morgan fingerprint density at radius 3 is 2.59 bits per heavy atom. The number of hydrogen-bond donors (Lipinski definition) is 1. The minimum atomic E-state index is 0.0636. The second-order valence-electron chi connectivity index (χ2n) is 3.99. The molecule has 3 heteroatoms. The van der Waals surface area contributed by atoms with Crippen molar-refractivity contribution in [2.45, 2.75) is 19.9 Å². The van der Waals surface area contributed by atoms with Crippen LogP contribution in [0.3, 0.4) is 0 Å². The second kappa shape index (κ2) is 5.39. The molecule has 1 aromatic heterocycles. The fourth-order valence-electron chi connectivity index (χ4n) is 1.96. The molecule has 0 saturated carbocycles. The summed E-state index contributed by atoms with van der Waals surface area (Å²) < 4.78 is 5.51. The fourth-order valence-corrected chi connectivity index (χ4v) is 2.11. The lowest BCUT2D eigenvalue weighted by Gasteiger charge is -2.18. The highest BCUT2D eigenvalue weighted by Crippen LogP contribution is 2.27. The molecule has 2 rings (SSSR count). The van der Waals surface area contributed by atoms with Crippen molar-refractivity contribution in [3.05, 3.63) is 58.5 Å². The van der Waals surface area contributed by atoms with Gasteiger partial charge in [0.2, 0.25) is 0 Å². The Morgan fingerprint density at radius 2 is 2.00 bits per heavy atom. The first-order valence-corrected chi connectivity index (χ1v) is 6.14. The number of aryl methyl sites for hydroxylation is 1. The summed E-state index contributed by atoms with van der Waals surface area (Å²) in [6, 6.07) is 12.0. The standard InChI is InChI=1S/C14H16ClNO/c1-3-16-14(12-8-9-13(15)17-12)11-7-5-4-6-10(11)2/h4-9,14,16H,3H2,1-2H3. The summed E-state index contributed by atoms with van der Waals surface area (Å²) in [6.07, 6.45) is 0. The number of hydrogen-bond acceptors (Lipinski definition) is 2. The first-order valence-electron chi connectivity index (χ1n) is 5.76. The second-order valence-corrected chi connectivity index (χ2v) is 4.36. The van der Waals surface area contributed by atoms with Crippen LogP contribution in [0, 0.1) is 6.92 Å². The van der Waals surface area contributed by atoms with Crippen LogP contribution in [0.15, 0.2) is 40.8 Å². The molecule has 1 atom stereocenters. The van der Waals surface area contributed by atoms with Crippen LogP contribution in [0.4, 0.5) is 0 Å². The Morgan fingerprint density at radius 1 is 1.24 bits per heavy atom. The van der Waals surface area contributed by atoms with Gasteiger partial charge in [-0.1, -0.05) is 31.2 Å². The van der Waals surface area contributed by atoms with Crippen molar-refractivity contribution >= 4 is 11.6 Å². The Labute approximate surface area is 107 Å². The Hall–Kier alpha value is -1.25. The van der Waals surface area contributed by atoms with E-state index in [1.807, 2.05) is 18.2 Å². The molecule has 0 amide bonds. The summed E-state index contributed by atoms with van der Waals surface area (Å²) >= 11 is 5.84. The van der Waals surface area contributed by atoms with E-state index in [1.165, 1.54) is 11.1 Å². The van der Waals surface area contributed by atoms with Gasteiger partial charge in [0, 0.05) is 0 Å². The third-order valence-electron chi connectivity index (χ3n) is 2.79. The van der Waals surface area contributed by atoms with Crippen LogP contribution in [0.1, 0.15) is 29.9 Å². The van der Waals surface area contributed by atoms with E-state index in [2.05, 4.69) is 31.3 Å². The van der Waals surface area contributed by atoms with E-state index in [1.54, 1.807) is 6.07 Å². The molecule has 0 bridgehead atoms. The molecule has 1 unspecified atom stereocenters. The van der Waals surface area contributed by atoms with Gasteiger partial charge in [0.05, 0.1) is 6.04 Å². The van der Waals surface area contributed by atoms with E-state index < -0.39 is 0 Å². The van der Waals surface area contributed by atoms with Gasteiger partial charge in [-0.25, -0.2) is 0 Å². The first-order chi connectivity index (χ1) is 8.22. The molecule has 0 radical (unpaired) electrons. The van der Waals surface area contributed by atoms with Crippen LogP contribution in [0.2, 0.25) is 5.22 Å². The van der Waals surface area contributed by atoms with E-state index in [0.717, 1.165) is 12.3 Å². The molecule has 2 aromatic rings. The van der Waals surface area contributed by atoms with E-state index in [0.29, 0.717) is 5.22 Å². The molecule has 1 aromatic carbocycles. The summed E-state index contributed by atoms with van der Waals surface area (Å²) in [5.41, 5.74) is 2.46. The zero-order valence-corrected chi connectivity index (χ0v) is 10.8. The van der Waals surface area contributed by atoms with Gasteiger partial charge in [-0.15, -0.1) is 0 Å². The molecule has 0 aliphatic heterocycles. The van der Waals surface area contributed by atoms with Crippen LogP contribution < -0.4 is 5.32 Å². The van der Waals surface area contributed by atoms with Crippen LogP contribution >= 0.6 is 11.6 Å². The van der Waals surface area contributed by atoms with Gasteiger partial charge in [-0.2, -0.15) is 0 Å². The van der Waals surface area contributed by atoms with Crippen LogP contribution in [0.5, 0.6) is 0 Å². The summed E-state index contributed by atoms with van der Waals surface area (Å²) in [5.74, 6) is 0.853. The average molecular weight is 250 g/mol. The Bertz CT molecular complexity index is 492. The highest BCUT2D eigenvalue weighted by atomic mass is 35.5. The predicted molar refractivity (Wildman–Crippen MR) is 70.4 cm³/mol. The van der Waals surface area contributed by atoms with Gasteiger partial charge in [-0.3, -0.25) is 0 Å². The maximum Gasteiger partial charge on any atom is 0.193 e. The average Bonchev–Trinajstić information content (AvgIpc) is 2.74. The monoisotopic (exact) mass is 249 g/mol. The number of benzene rings is 1. The lowest BCUT2D eigenvalue weighted by atomic mass is 9.99. The molecule has 2 nitrogen and oxygen atoms in total. The Balaban J connectivity index is 2.39. The first kappa shape index (κ1) is 12.2. The summed E-state index contributed by atoms with van der Waals surface area (Å²) in [5, 5.41) is 3.84. The van der Waals surface area contributed by atoms with Crippen LogP contribution in [0.25, 0.3) is 0 Å². The molecule has 1 heterocycles. The molecule has 0 aliphatic rings. The van der Waals surface area contributed by atoms with Crippen molar-refractivity contribution in [1.82, 2.24) is 5.32 Å². The smallest absolute Gasteiger partial charge is 0.193 e. The van der Waals surface area contributed by atoms with E-state index in [9.17, 15) is 0 Å². The van der Waals surface area contributed by atoms with Gasteiger partial charge in [0.1, 0.15) is 5.76 Å². The third-order valence-corrected chi connectivity index (χ3v) is 2.99. The van der Waals surface area contributed by atoms with Gasteiger partial charge in [0.25, 0.3) is 0 Å².